The molecular formula is C13H21N. The fraction of sp³-hybridized carbons (Fsp3) is 0.462. The van der Waals surface area contributed by atoms with Crippen LogP contribution < -0.4 is 0 Å². The van der Waals surface area contributed by atoms with Gasteiger partial charge in [0, 0.05) is 0 Å². The van der Waals surface area contributed by atoms with E-state index in [0.29, 0.717) is 0 Å². The van der Waals surface area contributed by atoms with Gasteiger partial charge in [-0.05, 0) is 24.6 Å². The zero-order valence-corrected chi connectivity index (χ0v) is 9.29. The van der Waals surface area contributed by atoms with E-state index in [4.69, 9.17) is 5.41 Å². The minimum atomic E-state index is 0.931. The quantitative estimate of drug-likeness (QED) is 0.693. The second-order valence-corrected chi connectivity index (χ2v) is 3.23. The Bertz CT molecular complexity index is 216. The average Bonchev–Trinajstić information content (AvgIpc) is 2.22. The third kappa shape index (κ3) is 7.53. The van der Waals surface area contributed by atoms with Crippen LogP contribution >= 0.6 is 0 Å². The van der Waals surface area contributed by atoms with Gasteiger partial charge >= 0.3 is 0 Å². The number of nitrogens with one attached hydrogen (secondary N) is 1. The molecule has 0 heterocycles. The monoisotopic (exact) mass is 191 g/mol. The van der Waals surface area contributed by atoms with Gasteiger partial charge in [-0.2, -0.15) is 0 Å². The Morgan fingerprint density at radius 3 is 2.07 bits per heavy atom. The first-order valence-electron chi connectivity index (χ1n) is 5.38. The van der Waals surface area contributed by atoms with Crippen LogP contribution in [-0.2, 0) is 6.42 Å². The van der Waals surface area contributed by atoms with Crippen LogP contribution in [0.15, 0.2) is 30.3 Å². The van der Waals surface area contributed by atoms with Crippen LogP contribution in [-0.4, -0.2) is 6.21 Å². The highest BCUT2D eigenvalue weighted by molar-refractivity contribution is 5.52. The minimum absolute atomic E-state index is 0.931. The Balaban J connectivity index is 0.000000292. The lowest BCUT2D eigenvalue weighted by Crippen LogP contribution is -1.78. The summed E-state index contributed by atoms with van der Waals surface area (Å²) < 4.78 is 0. The summed E-state index contributed by atoms with van der Waals surface area (Å²) >= 11 is 0. The van der Waals surface area contributed by atoms with E-state index in [-0.39, 0.29) is 0 Å². The predicted octanol–water partition coefficient (Wildman–Crippen LogP) is 4.08. The molecule has 1 rings (SSSR count). The molecule has 1 aromatic carbocycles. The SMILES string of the molecule is CCCC=N.CCCc1ccccc1. The lowest BCUT2D eigenvalue weighted by Gasteiger charge is -1.93. The van der Waals surface area contributed by atoms with Gasteiger partial charge in [-0.15, -0.1) is 0 Å². The van der Waals surface area contributed by atoms with Gasteiger partial charge in [-0.1, -0.05) is 57.0 Å². The Morgan fingerprint density at radius 2 is 1.71 bits per heavy atom. The maximum Gasteiger partial charge on any atom is -0.00479 e. The topological polar surface area (TPSA) is 23.9 Å². The van der Waals surface area contributed by atoms with E-state index in [2.05, 4.69) is 44.2 Å². The largest absolute Gasteiger partial charge is 0.313 e. The van der Waals surface area contributed by atoms with Gasteiger partial charge in [0.05, 0.1) is 0 Å². The number of hydrogen-bond donors (Lipinski definition) is 1. The summed E-state index contributed by atoms with van der Waals surface area (Å²) in [6, 6.07) is 10.6. The van der Waals surface area contributed by atoms with Crippen LogP contribution in [0.4, 0.5) is 0 Å². The van der Waals surface area contributed by atoms with Gasteiger partial charge in [0.2, 0.25) is 0 Å². The van der Waals surface area contributed by atoms with Crippen molar-refractivity contribution in [1.29, 1.82) is 5.41 Å². The van der Waals surface area contributed by atoms with E-state index in [1.165, 1.54) is 24.6 Å². The Labute approximate surface area is 87.7 Å². The molecule has 0 aromatic heterocycles. The summed E-state index contributed by atoms with van der Waals surface area (Å²) in [7, 11) is 0. The molecule has 0 saturated heterocycles. The average molecular weight is 191 g/mol. The van der Waals surface area contributed by atoms with Crippen molar-refractivity contribution in [2.45, 2.75) is 39.5 Å². The van der Waals surface area contributed by atoms with Crippen molar-refractivity contribution in [3.05, 3.63) is 35.9 Å². The lowest BCUT2D eigenvalue weighted by atomic mass is 10.1. The summed E-state index contributed by atoms with van der Waals surface area (Å²) in [5.74, 6) is 0. The molecule has 0 fully saturated rings. The molecule has 0 aliphatic heterocycles. The summed E-state index contributed by atoms with van der Waals surface area (Å²) in [6.45, 7) is 4.26. The maximum absolute atomic E-state index is 6.48. The van der Waals surface area contributed by atoms with Crippen molar-refractivity contribution in [2.24, 2.45) is 0 Å². The predicted molar refractivity (Wildman–Crippen MR) is 64.1 cm³/mol. The molecule has 0 aliphatic rings. The highest BCUT2D eigenvalue weighted by Gasteiger charge is 1.84. The van der Waals surface area contributed by atoms with Crippen LogP contribution in [0.5, 0.6) is 0 Å². The van der Waals surface area contributed by atoms with Crippen LogP contribution in [0, 0.1) is 5.41 Å². The summed E-state index contributed by atoms with van der Waals surface area (Å²) in [6.07, 6.45) is 5.91. The first-order chi connectivity index (χ1) is 6.85. The first-order valence-corrected chi connectivity index (χ1v) is 5.38. The highest BCUT2D eigenvalue weighted by atomic mass is 14.3. The van der Waals surface area contributed by atoms with Gasteiger partial charge in [-0.25, -0.2) is 0 Å². The van der Waals surface area contributed by atoms with Gasteiger partial charge in [0.1, 0.15) is 0 Å². The zero-order chi connectivity index (χ0) is 10.6. The van der Waals surface area contributed by atoms with Crippen molar-refractivity contribution in [2.75, 3.05) is 0 Å². The van der Waals surface area contributed by atoms with E-state index in [1.54, 1.807) is 0 Å². The standard InChI is InChI=1S/C9H12.C4H9N/c1-2-6-9-7-4-3-5-8-9;1-2-3-4-5/h3-5,7-8H,2,6H2,1H3;4-5H,2-3H2,1H3. The van der Waals surface area contributed by atoms with E-state index in [1.807, 2.05) is 0 Å². The number of rotatable bonds is 4. The van der Waals surface area contributed by atoms with Gasteiger partial charge in [-0.3, -0.25) is 0 Å². The van der Waals surface area contributed by atoms with Crippen molar-refractivity contribution in [3.8, 4) is 0 Å². The smallest absolute Gasteiger partial charge is 0.00479 e. The third-order valence-electron chi connectivity index (χ3n) is 1.81. The van der Waals surface area contributed by atoms with Crippen LogP contribution in [0.1, 0.15) is 38.7 Å². The fourth-order valence-electron chi connectivity index (χ4n) is 1.08. The normalized spacial score (nSPS) is 8.71. The summed E-state index contributed by atoms with van der Waals surface area (Å²) in [5, 5.41) is 6.48. The summed E-state index contributed by atoms with van der Waals surface area (Å²) in [5.41, 5.74) is 1.44. The van der Waals surface area contributed by atoms with Crippen LogP contribution in [0.2, 0.25) is 0 Å². The number of unbranched alkanes of at least 4 members (excludes halogenated alkanes) is 1. The van der Waals surface area contributed by atoms with Crippen molar-refractivity contribution < 1.29 is 0 Å². The molecule has 0 saturated carbocycles. The molecule has 0 aliphatic carbocycles. The van der Waals surface area contributed by atoms with Gasteiger partial charge in [0.25, 0.3) is 0 Å². The molecule has 1 N–H and O–H groups in total. The third-order valence-corrected chi connectivity index (χ3v) is 1.81. The van der Waals surface area contributed by atoms with Gasteiger partial charge in [0.15, 0.2) is 0 Å². The maximum atomic E-state index is 6.48. The molecule has 14 heavy (non-hydrogen) atoms. The number of benzene rings is 1. The molecule has 0 spiro atoms. The first kappa shape index (κ1) is 12.9. The minimum Gasteiger partial charge on any atom is -0.313 e. The number of aryl methyl sites for hydroxylation is 1. The molecule has 0 unspecified atom stereocenters. The van der Waals surface area contributed by atoms with E-state index >= 15 is 0 Å². The second kappa shape index (κ2) is 9.97. The second-order valence-electron chi connectivity index (χ2n) is 3.23. The Kier molecular flexibility index (Phi) is 9.18. The lowest BCUT2D eigenvalue weighted by molar-refractivity contribution is 0.922. The molecule has 1 heteroatoms. The van der Waals surface area contributed by atoms with Crippen LogP contribution in [0.25, 0.3) is 0 Å². The molecule has 0 atom stereocenters. The van der Waals surface area contributed by atoms with E-state index in [0.717, 1.165) is 12.8 Å². The highest BCUT2D eigenvalue weighted by Crippen LogP contribution is 2.00. The molecule has 1 nitrogen and oxygen atoms in total. The molecule has 0 bridgehead atoms. The molecule has 0 radical (unpaired) electrons. The Hall–Kier alpha value is -1.11. The molecule has 1 aromatic rings. The van der Waals surface area contributed by atoms with Crippen molar-refractivity contribution in [3.63, 3.8) is 0 Å². The fourth-order valence-corrected chi connectivity index (χ4v) is 1.08. The number of hydrogen-bond acceptors (Lipinski definition) is 1. The Morgan fingerprint density at radius 1 is 1.07 bits per heavy atom. The van der Waals surface area contributed by atoms with Crippen molar-refractivity contribution >= 4 is 6.21 Å². The van der Waals surface area contributed by atoms with Gasteiger partial charge < -0.3 is 5.41 Å². The van der Waals surface area contributed by atoms with E-state index < -0.39 is 0 Å². The van der Waals surface area contributed by atoms with Crippen LogP contribution in [0.3, 0.4) is 0 Å². The molecule has 0 amide bonds. The zero-order valence-electron chi connectivity index (χ0n) is 9.29. The summed E-state index contributed by atoms with van der Waals surface area (Å²) in [4.78, 5) is 0. The van der Waals surface area contributed by atoms with Crippen molar-refractivity contribution in [1.82, 2.24) is 0 Å². The van der Waals surface area contributed by atoms with E-state index in [9.17, 15) is 0 Å². The molecular weight excluding hydrogens is 170 g/mol. The molecule has 78 valence electrons.